The fourth-order valence-corrected chi connectivity index (χ4v) is 3.73. The summed E-state index contributed by atoms with van der Waals surface area (Å²) in [5, 5.41) is 8.10. The van der Waals surface area contributed by atoms with Gasteiger partial charge in [0.1, 0.15) is 5.60 Å². The Labute approximate surface area is 220 Å². The number of esters is 1. The molecule has 3 rings (SSSR count). The Morgan fingerprint density at radius 1 is 1.11 bits per heavy atom. The summed E-state index contributed by atoms with van der Waals surface area (Å²) in [7, 11) is 0. The van der Waals surface area contributed by atoms with Crippen molar-refractivity contribution < 1.29 is 19.1 Å². The minimum atomic E-state index is -0.580. The highest BCUT2D eigenvalue weighted by atomic mass is 35.5. The normalized spacial score (nSPS) is 10.9. The number of hydrogen-bond acceptors (Lipinski definition) is 5. The van der Waals surface area contributed by atoms with E-state index in [9.17, 15) is 9.59 Å². The van der Waals surface area contributed by atoms with Gasteiger partial charge in [0.05, 0.1) is 29.6 Å². The topological polar surface area (TPSA) is 82.5 Å². The molecule has 1 amide bonds. The fourth-order valence-electron chi connectivity index (χ4n) is 3.34. The molecule has 0 spiro atoms. The van der Waals surface area contributed by atoms with Crippen molar-refractivity contribution in [2.45, 2.75) is 40.2 Å². The predicted octanol–water partition coefficient (Wildman–Crippen LogP) is 6.21. The maximum Gasteiger partial charge on any atom is 0.408 e. The number of amides is 1. The first-order valence-corrected chi connectivity index (χ1v) is 12.0. The van der Waals surface area contributed by atoms with E-state index in [1.165, 1.54) is 0 Å². The van der Waals surface area contributed by atoms with Crippen molar-refractivity contribution in [1.82, 2.24) is 15.1 Å². The zero-order chi connectivity index (χ0) is 26.5. The highest BCUT2D eigenvalue weighted by Crippen LogP contribution is 2.32. The van der Waals surface area contributed by atoms with Gasteiger partial charge < -0.3 is 14.8 Å². The van der Waals surface area contributed by atoms with Gasteiger partial charge in [0.25, 0.3) is 0 Å². The number of benzene rings is 2. The Kier molecular flexibility index (Phi) is 8.67. The standard InChI is InChI=1S/C27H27Cl2N3O4/c1-6-35-25(33)23-17(2)24(19-10-12-20(28)13-11-19)32(31-23)22-14-9-18(16-21(22)29)8-7-15-30-26(34)36-27(3,4)5/h9-14,16H,6,15H2,1-5H3,(H,30,34). The van der Waals surface area contributed by atoms with E-state index in [4.69, 9.17) is 32.7 Å². The molecule has 1 heterocycles. The van der Waals surface area contributed by atoms with Crippen LogP contribution in [0.5, 0.6) is 0 Å². The monoisotopic (exact) mass is 527 g/mol. The van der Waals surface area contributed by atoms with Gasteiger partial charge in [-0.2, -0.15) is 5.10 Å². The Bertz CT molecular complexity index is 1330. The minimum absolute atomic E-state index is 0.121. The van der Waals surface area contributed by atoms with E-state index in [1.807, 2.05) is 19.1 Å². The van der Waals surface area contributed by atoms with Crippen molar-refractivity contribution in [1.29, 1.82) is 0 Å². The van der Waals surface area contributed by atoms with E-state index in [-0.39, 0.29) is 18.8 Å². The van der Waals surface area contributed by atoms with Crippen LogP contribution in [0.3, 0.4) is 0 Å². The first-order chi connectivity index (χ1) is 17.0. The third-order valence-corrected chi connectivity index (χ3v) is 5.39. The smallest absolute Gasteiger partial charge is 0.408 e. The van der Waals surface area contributed by atoms with Gasteiger partial charge in [0, 0.05) is 21.7 Å². The number of halogens is 2. The SMILES string of the molecule is CCOC(=O)c1nn(-c2ccc(C#CCNC(=O)OC(C)(C)C)cc2Cl)c(-c2ccc(Cl)cc2)c1C. The highest BCUT2D eigenvalue weighted by molar-refractivity contribution is 6.32. The summed E-state index contributed by atoms with van der Waals surface area (Å²) < 4.78 is 12.0. The van der Waals surface area contributed by atoms with Gasteiger partial charge in [-0.15, -0.1) is 0 Å². The zero-order valence-corrected chi connectivity index (χ0v) is 22.3. The van der Waals surface area contributed by atoms with E-state index in [0.717, 1.165) is 5.56 Å². The second kappa shape index (κ2) is 11.5. The van der Waals surface area contributed by atoms with E-state index in [1.54, 1.807) is 62.7 Å². The summed E-state index contributed by atoms with van der Waals surface area (Å²) in [4.78, 5) is 24.3. The molecule has 0 saturated carbocycles. The molecule has 0 saturated heterocycles. The Balaban J connectivity index is 1.92. The van der Waals surface area contributed by atoms with Crippen LogP contribution in [-0.4, -0.2) is 40.6 Å². The number of hydrogen-bond donors (Lipinski definition) is 1. The summed E-state index contributed by atoms with van der Waals surface area (Å²) in [6.45, 7) is 9.27. The van der Waals surface area contributed by atoms with Crippen molar-refractivity contribution in [3.63, 3.8) is 0 Å². The number of carbonyl (C=O) groups is 2. The molecule has 0 aliphatic rings. The lowest BCUT2D eigenvalue weighted by molar-refractivity contribution is 0.0513. The minimum Gasteiger partial charge on any atom is -0.461 e. The summed E-state index contributed by atoms with van der Waals surface area (Å²) in [6.07, 6.45) is -0.536. The number of aromatic nitrogens is 2. The number of rotatable bonds is 5. The molecular formula is C27H27Cl2N3O4. The molecule has 2 aromatic carbocycles. The van der Waals surface area contributed by atoms with Gasteiger partial charge in [-0.3, -0.25) is 0 Å². The molecule has 0 aliphatic carbocycles. The summed E-state index contributed by atoms with van der Waals surface area (Å²) in [5.74, 6) is 5.32. The van der Waals surface area contributed by atoms with Crippen LogP contribution in [0.1, 0.15) is 49.3 Å². The first-order valence-electron chi connectivity index (χ1n) is 11.3. The number of nitrogens with one attached hydrogen (secondary N) is 1. The molecule has 9 heteroatoms. The van der Waals surface area contributed by atoms with Gasteiger partial charge >= 0.3 is 12.1 Å². The predicted molar refractivity (Wildman–Crippen MR) is 141 cm³/mol. The average Bonchev–Trinajstić information content (AvgIpc) is 3.13. The van der Waals surface area contributed by atoms with Crippen LogP contribution in [-0.2, 0) is 9.47 Å². The molecule has 3 aromatic rings. The van der Waals surface area contributed by atoms with Crippen LogP contribution >= 0.6 is 23.2 Å². The van der Waals surface area contributed by atoms with Gasteiger partial charge in [0.15, 0.2) is 5.69 Å². The number of alkyl carbamates (subject to hydrolysis) is 1. The van der Waals surface area contributed by atoms with Crippen molar-refractivity contribution in [2.24, 2.45) is 0 Å². The molecular weight excluding hydrogens is 501 g/mol. The number of ether oxygens (including phenoxy) is 2. The van der Waals surface area contributed by atoms with Gasteiger partial charge in [-0.1, -0.05) is 47.2 Å². The van der Waals surface area contributed by atoms with Crippen LogP contribution < -0.4 is 5.32 Å². The largest absolute Gasteiger partial charge is 0.461 e. The molecule has 36 heavy (non-hydrogen) atoms. The second-order valence-electron chi connectivity index (χ2n) is 8.78. The maximum absolute atomic E-state index is 12.5. The first kappa shape index (κ1) is 27.1. The third-order valence-electron chi connectivity index (χ3n) is 4.84. The molecule has 7 nitrogen and oxygen atoms in total. The average molecular weight is 528 g/mol. The van der Waals surface area contributed by atoms with Gasteiger partial charge in [-0.25, -0.2) is 14.3 Å². The van der Waals surface area contributed by atoms with Crippen molar-refractivity contribution in [3.8, 4) is 28.8 Å². The summed E-state index contributed by atoms with van der Waals surface area (Å²) >= 11 is 12.7. The van der Waals surface area contributed by atoms with Crippen LogP contribution in [0, 0.1) is 18.8 Å². The molecule has 0 radical (unpaired) electrons. The van der Waals surface area contributed by atoms with E-state index in [2.05, 4.69) is 22.3 Å². The van der Waals surface area contributed by atoms with E-state index < -0.39 is 17.7 Å². The lowest BCUT2D eigenvalue weighted by atomic mass is 10.1. The second-order valence-corrected chi connectivity index (χ2v) is 9.63. The molecule has 1 aromatic heterocycles. The quantitative estimate of drug-likeness (QED) is 0.315. The molecule has 1 N–H and O–H groups in total. The van der Waals surface area contributed by atoms with Crippen LogP contribution in [0.4, 0.5) is 4.79 Å². The van der Waals surface area contributed by atoms with Crippen molar-refractivity contribution in [3.05, 3.63) is 69.3 Å². The summed E-state index contributed by atoms with van der Waals surface area (Å²) in [5.41, 5.74) is 3.00. The van der Waals surface area contributed by atoms with Gasteiger partial charge in [-0.05, 0) is 65.0 Å². The highest BCUT2D eigenvalue weighted by Gasteiger charge is 2.24. The lowest BCUT2D eigenvalue weighted by Gasteiger charge is -2.19. The third kappa shape index (κ3) is 6.81. The lowest BCUT2D eigenvalue weighted by Crippen LogP contribution is -2.32. The fraction of sp³-hybridized carbons (Fsp3) is 0.296. The molecule has 0 fully saturated rings. The van der Waals surface area contributed by atoms with Crippen LogP contribution in [0.2, 0.25) is 10.0 Å². The number of nitrogens with zero attached hydrogens (tertiary/aromatic N) is 2. The molecule has 0 unspecified atom stereocenters. The van der Waals surface area contributed by atoms with E-state index in [0.29, 0.717) is 32.6 Å². The number of carbonyl (C=O) groups excluding carboxylic acids is 2. The Morgan fingerprint density at radius 2 is 1.81 bits per heavy atom. The Hall–Kier alpha value is -3.47. The van der Waals surface area contributed by atoms with E-state index >= 15 is 0 Å². The van der Waals surface area contributed by atoms with Crippen molar-refractivity contribution in [2.75, 3.05) is 13.2 Å². The Morgan fingerprint density at radius 3 is 2.42 bits per heavy atom. The maximum atomic E-state index is 12.5. The van der Waals surface area contributed by atoms with Crippen molar-refractivity contribution >= 4 is 35.3 Å². The van der Waals surface area contributed by atoms with Gasteiger partial charge in [0.2, 0.25) is 0 Å². The van der Waals surface area contributed by atoms with Crippen LogP contribution in [0.15, 0.2) is 42.5 Å². The summed E-state index contributed by atoms with van der Waals surface area (Å²) in [6, 6.07) is 12.5. The molecule has 0 bridgehead atoms. The van der Waals surface area contributed by atoms with Crippen LogP contribution in [0.25, 0.3) is 16.9 Å². The molecule has 188 valence electrons. The molecule has 0 aliphatic heterocycles. The molecule has 0 atom stereocenters. The zero-order valence-electron chi connectivity index (χ0n) is 20.7.